The van der Waals surface area contributed by atoms with Crippen LogP contribution in [0.3, 0.4) is 0 Å². The number of fused-ring (bicyclic) bond motifs is 1. The number of thiazole rings is 1. The van der Waals surface area contributed by atoms with Gasteiger partial charge in [-0.1, -0.05) is 44.5 Å². The lowest BCUT2D eigenvalue weighted by Gasteiger charge is -2.36. The third-order valence-corrected chi connectivity index (χ3v) is 13.4. The van der Waals surface area contributed by atoms with E-state index in [0.29, 0.717) is 21.5 Å². The second kappa shape index (κ2) is 11.9. The fourth-order valence-electron chi connectivity index (χ4n) is 3.64. The zero-order valence-electron chi connectivity index (χ0n) is 23.2. The molecular weight excluding hydrogens is 665 g/mol. The van der Waals surface area contributed by atoms with Gasteiger partial charge in [0.1, 0.15) is 22.5 Å². The van der Waals surface area contributed by atoms with Crippen LogP contribution in [0.5, 0.6) is 5.88 Å². The van der Waals surface area contributed by atoms with Crippen LogP contribution in [-0.2, 0) is 15.8 Å². The first-order chi connectivity index (χ1) is 18.3. The standard InChI is InChI=1S/C28H33ClIN3O4SSi/c1-8-35-27(34)24-25(32-26(38-24)22-14-31-23-12-10-19(30)15-33(22)23)37-17(2)20-11-9-18(13-21(20)29)16-36-39(6,7)28(3,4)5/h9-15,17H,8,16H2,1-7H3/t17-/m1/s1. The Morgan fingerprint density at radius 1 is 1.23 bits per heavy atom. The normalized spacial score (nSPS) is 13.1. The number of benzene rings is 1. The van der Waals surface area contributed by atoms with Crippen LogP contribution < -0.4 is 4.74 Å². The van der Waals surface area contributed by atoms with Gasteiger partial charge in [-0.15, -0.1) is 11.3 Å². The highest BCUT2D eigenvalue weighted by Crippen LogP contribution is 2.39. The summed E-state index contributed by atoms with van der Waals surface area (Å²) in [4.78, 5) is 22.3. The Bertz CT molecular complexity index is 1500. The van der Waals surface area contributed by atoms with Crippen LogP contribution >= 0.6 is 45.5 Å². The molecule has 0 saturated carbocycles. The predicted molar refractivity (Wildman–Crippen MR) is 167 cm³/mol. The van der Waals surface area contributed by atoms with Gasteiger partial charge in [-0.2, -0.15) is 4.98 Å². The molecule has 0 aliphatic carbocycles. The van der Waals surface area contributed by atoms with E-state index in [9.17, 15) is 4.79 Å². The third kappa shape index (κ3) is 6.67. The summed E-state index contributed by atoms with van der Waals surface area (Å²) in [5, 5.41) is 1.31. The maximum absolute atomic E-state index is 12.8. The van der Waals surface area contributed by atoms with Crippen molar-refractivity contribution in [1.82, 2.24) is 14.4 Å². The average Bonchev–Trinajstić information content (AvgIpc) is 3.46. The number of rotatable bonds is 9. The zero-order valence-corrected chi connectivity index (χ0v) is 27.9. The number of ether oxygens (including phenoxy) is 2. The highest BCUT2D eigenvalue weighted by molar-refractivity contribution is 14.1. The summed E-state index contributed by atoms with van der Waals surface area (Å²) < 4.78 is 20.9. The Balaban J connectivity index is 1.59. The van der Waals surface area contributed by atoms with Crippen molar-refractivity contribution in [2.45, 2.75) is 65.5 Å². The van der Waals surface area contributed by atoms with Crippen LogP contribution in [0.1, 0.15) is 61.5 Å². The number of pyridine rings is 1. The molecule has 0 radical (unpaired) electrons. The molecule has 3 heterocycles. The largest absolute Gasteiger partial charge is 0.468 e. The Kier molecular flexibility index (Phi) is 9.11. The fraction of sp³-hybridized carbons (Fsp3) is 0.393. The number of carbonyl (C=O) groups is 1. The molecule has 0 saturated heterocycles. The topological polar surface area (TPSA) is 75.0 Å². The maximum atomic E-state index is 12.8. The molecule has 11 heteroatoms. The SMILES string of the molecule is CCOC(=O)c1sc(-c2cnc3ccc(I)cn23)nc1O[C@H](C)c1ccc(CO[Si](C)(C)C(C)(C)C)cc1Cl. The summed E-state index contributed by atoms with van der Waals surface area (Å²) in [6.07, 6.45) is 3.26. The number of hydrogen-bond donors (Lipinski definition) is 0. The van der Waals surface area contributed by atoms with Crippen molar-refractivity contribution in [3.05, 3.63) is 67.3 Å². The summed E-state index contributed by atoms with van der Waals surface area (Å²) in [6.45, 7) is 15.5. The van der Waals surface area contributed by atoms with Gasteiger partial charge in [0.2, 0.25) is 5.88 Å². The lowest BCUT2D eigenvalue weighted by molar-refractivity contribution is 0.0525. The van der Waals surface area contributed by atoms with Crippen molar-refractivity contribution in [1.29, 1.82) is 0 Å². The molecule has 7 nitrogen and oxygen atoms in total. The molecule has 208 valence electrons. The quantitative estimate of drug-likeness (QED) is 0.0992. The van der Waals surface area contributed by atoms with Crippen molar-refractivity contribution >= 4 is 65.5 Å². The molecule has 0 spiro atoms. The second-order valence-electron chi connectivity index (χ2n) is 10.8. The van der Waals surface area contributed by atoms with Crippen LogP contribution in [-0.4, -0.2) is 35.3 Å². The van der Waals surface area contributed by atoms with Crippen LogP contribution in [0.2, 0.25) is 23.2 Å². The van der Waals surface area contributed by atoms with Gasteiger partial charge in [0.15, 0.2) is 13.2 Å². The van der Waals surface area contributed by atoms with E-state index in [4.69, 9.17) is 30.5 Å². The van der Waals surface area contributed by atoms with E-state index < -0.39 is 20.4 Å². The molecule has 0 aliphatic heterocycles. The van der Waals surface area contributed by atoms with E-state index in [1.54, 1.807) is 13.1 Å². The number of esters is 1. The molecular formula is C28H33ClIN3O4SSi. The molecule has 0 fully saturated rings. The van der Waals surface area contributed by atoms with Crippen LogP contribution in [0, 0.1) is 3.57 Å². The van der Waals surface area contributed by atoms with E-state index in [1.165, 1.54) is 11.3 Å². The molecule has 1 aromatic carbocycles. The lowest BCUT2D eigenvalue weighted by Crippen LogP contribution is -2.40. The average molecular weight is 698 g/mol. The number of halogens is 2. The first kappa shape index (κ1) is 30.0. The minimum absolute atomic E-state index is 0.129. The van der Waals surface area contributed by atoms with E-state index >= 15 is 0 Å². The summed E-state index contributed by atoms with van der Waals surface area (Å²) in [7, 11) is -1.88. The summed E-state index contributed by atoms with van der Waals surface area (Å²) in [5.74, 6) is -0.265. The molecule has 4 rings (SSSR count). The minimum atomic E-state index is -1.88. The first-order valence-corrected chi connectivity index (χ1v) is 17.9. The van der Waals surface area contributed by atoms with Gasteiger partial charge in [0.05, 0.1) is 19.4 Å². The number of imidazole rings is 1. The molecule has 0 unspecified atom stereocenters. The number of carbonyl (C=O) groups excluding carboxylic acids is 1. The van der Waals surface area contributed by atoms with Crippen LogP contribution in [0.15, 0.2) is 42.7 Å². The summed E-state index contributed by atoms with van der Waals surface area (Å²) in [6, 6.07) is 9.80. The maximum Gasteiger partial charge on any atom is 0.354 e. The Hall–Kier alpha value is -1.99. The van der Waals surface area contributed by atoms with E-state index in [1.807, 2.05) is 47.9 Å². The van der Waals surface area contributed by atoms with Crippen LogP contribution in [0.4, 0.5) is 0 Å². The van der Waals surface area contributed by atoms with Crippen molar-refractivity contribution in [2.24, 2.45) is 0 Å². The van der Waals surface area contributed by atoms with E-state index in [-0.39, 0.29) is 17.5 Å². The minimum Gasteiger partial charge on any atom is -0.468 e. The monoisotopic (exact) mass is 697 g/mol. The van der Waals surface area contributed by atoms with Gasteiger partial charge in [-0.3, -0.25) is 4.40 Å². The van der Waals surface area contributed by atoms with Crippen molar-refractivity contribution in [2.75, 3.05) is 6.61 Å². The van der Waals surface area contributed by atoms with E-state index in [0.717, 1.165) is 26.0 Å². The predicted octanol–water partition coefficient (Wildman–Crippen LogP) is 8.55. The first-order valence-electron chi connectivity index (χ1n) is 12.7. The summed E-state index contributed by atoms with van der Waals surface area (Å²) >= 11 is 10.2. The molecule has 1 atom stereocenters. The van der Waals surface area contributed by atoms with Gasteiger partial charge in [0, 0.05) is 20.4 Å². The highest BCUT2D eigenvalue weighted by Gasteiger charge is 2.37. The second-order valence-corrected chi connectivity index (χ2v) is 18.2. The van der Waals surface area contributed by atoms with Crippen molar-refractivity contribution < 1.29 is 18.7 Å². The molecule has 39 heavy (non-hydrogen) atoms. The van der Waals surface area contributed by atoms with Gasteiger partial charge < -0.3 is 13.9 Å². The zero-order chi connectivity index (χ0) is 28.5. The fourth-order valence-corrected chi connectivity index (χ4v) is 6.31. The Labute approximate surface area is 253 Å². The highest BCUT2D eigenvalue weighted by atomic mass is 127. The van der Waals surface area contributed by atoms with Gasteiger partial charge in [-0.25, -0.2) is 9.78 Å². The van der Waals surface area contributed by atoms with Gasteiger partial charge in [0.25, 0.3) is 0 Å². The van der Waals surface area contributed by atoms with Crippen LogP contribution in [0.25, 0.3) is 16.3 Å². The smallest absolute Gasteiger partial charge is 0.354 e. The summed E-state index contributed by atoms with van der Waals surface area (Å²) in [5.41, 5.74) is 3.36. The molecule has 3 aromatic heterocycles. The number of hydrogen-bond acceptors (Lipinski definition) is 7. The van der Waals surface area contributed by atoms with Crippen molar-refractivity contribution in [3.63, 3.8) is 0 Å². The van der Waals surface area contributed by atoms with Gasteiger partial charge in [-0.05, 0) is 78.3 Å². The molecule has 0 aliphatic rings. The number of aromatic nitrogens is 3. The molecule has 0 N–H and O–H groups in total. The molecule has 4 aromatic rings. The van der Waals surface area contributed by atoms with E-state index in [2.05, 4.69) is 61.4 Å². The van der Waals surface area contributed by atoms with Gasteiger partial charge >= 0.3 is 5.97 Å². The Morgan fingerprint density at radius 2 is 1.97 bits per heavy atom. The van der Waals surface area contributed by atoms with Crippen molar-refractivity contribution in [3.8, 4) is 16.6 Å². The number of nitrogens with zero attached hydrogens (tertiary/aromatic N) is 3. The molecule has 0 amide bonds. The lowest BCUT2D eigenvalue weighted by atomic mass is 10.1. The third-order valence-electron chi connectivity index (χ3n) is 6.94. The Morgan fingerprint density at radius 3 is 2.64 bits per heavy atom. The molecule has 0 bridgehead atoms.